The first kappa shape index (κ1) is 14.5. The Morgan fingerprint density at radius 1 is 1.55 bits per heavy atom. The van der Waals surface area contributed by atoms with Crippen LogP contribution in [0.2, 0.25) is 0 Å². The lowest BCUT2D eigenvalue weighted by molar-refractivity contribution is 0.0857. The Morgan fingerprint density at radius 3 is 3.05 bits per heavy atom. The van der Waals surface area contributed by atoms with Crippen LogP contribution in [-0.2, 0) is 4.74 Å². The first-order valence-corrected chi connectivity index (χ1v) is 6.50. The van der Waals surface area contributed by atoms with Crippen LogP contribution in [0, 0.1) is 17.7 Å². The van der Waals surface area contributed by atoms with Crippen LogP contribution in [0.3, 0.4) is 0 Å². The molecule has 0 aromatic heterocycles. The predicted octanol–water partition coefficient (Wildman–Crippen LogP) is 1.08. The summed E-state index contributed by atoms with van der Waals surface area (Å²) >= 11 is 0. The van der Waals surface area contributed by atoms with Crippen molar-refractivity contribution in [3.8, 4) is 11.8 Å². The number of nitrogens with one attached hydrogen (secondary N) is 1. The summed E-state index contributed by atoms with van der Waals surface area (Å²) in [5.41, 5.74) is 0.407. The van der Waals surface area contributed by atoms with Crippen molar-refractivity contribution in [3.05, 3.63) is 35.1 Å². The van der Waals surface area contributed by atoms with Gasteiger partial charge in [-0.15, -0.1) is 0 Å². The Morgan fingerprint density at radius 2 is 2.40 bits per heavy atom. The number of aliphatic hydroxyl groups excluding tert-OH is 1. The summed E-state index contributed by atoms with van der Waals surface area (Å²) < 4.78 is 19.1. The van der Waals surface area contributed by atoms with Gasteiger partial charge in [-0.2, -0.15) is 0 Å². The maximum absolute atomic E-state index is 13.7. The second kappa shape index (κ2) is 7.04. The van der Waals surface area contributed by atoms with Gasteiger partial charge in [-0.25, -0.2) is 4.39 Å². The first-order valence-electron chi connectivity index (χ1n) is 6.50. The van der Waals surface area contributed by atoms with E-state index in [4.69, 9.17) is 9.84 Å². The van der Waals surface area contributed by atoms with Crippen molar-refractivity contribution >= 4 is 5.91 Å². The number of halogens is 1. The van der Waals surface area contributed by atoms with Gasteiger partial charge in [0.05, 0.1) is 11.7 Å². The number of rotatable bonds is 3. The Kier molecular flexibility index (Phi) is 5.10. The minimum Gasteiger partial charge on any atom is -0.384 e. The van der Waals surface area contributed by atoms with Gasteiger partial charge in [0.25, 0.3) is 5.91 Å². The molecule has 0 bridgehead atoms. The zero-order chi connectivity index (χ0) is 14.4. The number of benzene rings is 1. The molecular formula is C15H16FNO3. The number of aliphatic hydroxyl groups is 1. The van der Waals surface area contributed by atoms with Crippen LogP contribution >= 0.6 is 0 Å². The summed E-state index contributed by atoms with van der Waals surface area (Å²) in [5, 5.41) is 11.3. The van der Waals surface area contributed by atoms with Gasteiger partial charge in [0.15, 0.2) is 0 Å². The third-order valence-corrected chi connectivity index (χ3v) is 3.05. The van der Waals surface area contributed by atoms with E-state index in [2.05, 4.69) is 17.2 Å². The van der Waals surface area contributed by atoms with E-state index in [9.17, 15) is 9.18 Å². The van der Waals surface area contributed by atoms with Gasteiger partial charge in [-0.1, -0.05) is 11.8 Å². The van der Waals surface area contributed by atoms with Crippen molar-refractivity contribution in [3.63, 3.8) is 0 Å². The quantitative estimate of drug-likeness (QED) is 0.813. The van der Waals surface area contributed by atoms with E-state index in [0.717, 1.165) is 25.5 Å². The normalized spacial score (nSPS) is 17.4. The van der Waals surface area contributed by atoms with Gasteiger partial charge in [-0.05, 0) is 31.0 Å². The van der Waals surface area contributed by atoms with E-state index in [1.165, 1.54) is 12.1 Å². The van der Waals surface area contributed by atoms with Crippen molar-refractivity contribution < 1.29 is 19.0 Å². The van der Waals surface area contributed by atoms with Crippen molar-refractivity contribution in [1.82, 2.24) is 5.32 Å². The van der Waals surface area contributed by atoms with Crippen LogP contribution in [-0.4, -0.2) is 36.9 Å². The van der Waals surface area contributed by atoms with Crippen molar-refractivity contribution in [1.29, 1.82) is 0 Å². The molecule has 1 unspecified atom stereocenters. The molecule has 2 N–H and O–H groups in total. The summed E-state index contributed by atoms with van der Waals surface area (Å²) in [6.07, 6.45) is 2.00. The fourth-order valence-electron chi connectivity index (χ4n) is 2.01. The Balaban J connectivity index is 1.97. The summed E-state index contributed by atoms with van der Waals surface area (Å²) in [7, 11) is 0. The van der Waals surface area contributed by atoms with E-state index in [1.54, 1.807) is 0 Å². The summed E-state index contributed by atoms with van der Waals surface area (Å²) in [5.74, 6) is 3.94. The molecule has 1 fully saturated rings. The molecule has 1 aromatic rings. The third kappa shape index (κ3) is 3.80. The summed E-state index contributed by atoms with van der Waals surface area (Å²) in [4.78, 5) is 11.9. The molecule has 20 heavy (non-hydrogen) atoms. The monoisotopic (exact) mass is 277 g/mol. The molecule has 5 heteroatoms. The Bertz CT molecular complexity index is 542. The molecule has 0 aliphatic carbocycles. The SMILES string of the molecule is O=C(NCC1CCCO1)c1ccc(C#CCO)c(F)c1. The Hall–Kier alpha value is -1.90. The average Bonchev–Trinajstić information content (AvgIpc) is 2.96. The lowest BCUT2D eigenvalue weighted by Crippen LogP contribution is -2.31. The van der Waals surface area contributed by atoms with Crippen LogP contribution < -0.4 is 5.32 Å². The highest BCUT2D eigenvalue weighted by Crippen LogP contribution is 2.12. The fraction of sp³-hybridized carbons (Fsp3) is 0.400. The molecule has 4 nitrogen and oxygen atoms in total. The first-order chi connectivity index (χ1) is 9.70. The van der Waals surface area contributed by atoms with Crippen molar-refractivity contribution in [2.75, 3.05) is 19.8 Å². The van der Waals surface area contributed by atoms with E-state index >= 15 is 0 Å². The average molecular weight is 277 g/mol. The third-order valence-electron chi connectivity index (χ3n) is 3.05. The van der Waals surface area contributed by atoms with Crippen LogP contribution in [0.4, 0.5) is 4.39 Å². The lowest BCUT2D eigenvalue weighted by Gasteiger charge is -2.10. The zero-order valence-electron chi connectivity index (χ0n) is 11.0. The number of amides is 1. The fourth-order valence-corrected chi connectivity index (χ4v) is 2.01. The van der Waals surface area contributed by atoms with Crippen LogP contribution in [0.5, 0.6) is 0 Å². The molecule has 1 aliphatic heterocycles. The van der Waals surface area contributed by atoms with Gasteiger partial charge in [-0.3, -0.25) is 4.79 Å². The molecular weight excluding hydrogens is 261 g/mol. The van der Waals surface area contributed by atoms with Gasteiger partial charge >= 0.3 is 0 Å². The van der Waals surface area contributed by atoms with Crippen LogP contribution in [0.1, 0.15) is 28.8 Å². The summed E-state index contributed by atoms with van der Waals surface area (Å²) in [6.45, 7) is 0.836. The molecule has 1 aliphatic rings. The van der Waals surface area contributed by atoms with Crippen LogP contribution in [0.15, 0.2) is 18.2 Å². The number of carbonyl (C=O) groups is 1. The lowest BCUT2D eigenvalue weighted by atomic mass is 10.1. The second-order valence-corrected chi connectivity index (χ2v) is 4.50. The Labute approximate surface area is 116 Å². The number of carbonyl (C=O) groups excluding carboxylic acids is 1. The highest BCUT2D eigenvalue weighted by atomic mass is 19.1. The molecule has 1 aromatic carbocycles. The van der Waals surface area contributed by atoms with Crippen molar-refractivity contribution in [2.24, 2.45) is 0 Å². The van der Waals surface area contributed by atoms with E-state index in [0.29, 0.717) is 6.54 Å². The van der Waals surface area contributed by atoms with E-state index in [-0.39, 0.29) is 29.7 Å². The van der Waals surface area contributed by atoms with E-state index < -0.39 is 5.82 Å². The molecule has 1 atom stereocenters. The molecule has 1 heterocycles. The van der Waals surface area contributed by atoms with Crippen LogP contribution in [0.25, 0.3) is 0 Å². The summed E-state index contributed by atoms with van der Waals surface area (Å²) in [6, 6.07) is 4.08. The molecule has 0 saturated carbocycles. The molecule has 1 saturated heterocycles. The highest BCUT2D eigenvalue weighted by Gasteiger charge is 2.17. The highest BCUT2D eigenvalue weighted by molar-refractivity contribution is 5.94. The zero-order valence-corrected chi connectivity index (χ0v) is 11.0. The molecule has 0 radical (unpaired) electrons. The minimum atomic E-state index is -0.573. The second-order valence-electron chi connectivity index (χ2n) is 4.50. The molecule has 2 rings (SSSR count). The molecule has 1 amide bonds. The largest absolute Gasteiger partial charge is 0.384 e. The van der Waals surface area contributed by atoms with Crippen molar-refractivity contribution in [2.45, 2.75) is 18.9 Å². The topological polar surface area (TPSA) is 58.6 Å². The number of hydrogen-bond donors (Lipinski definition) is 2. The molecule has 0 spiro atoms. The number of hydrogen-bond acceptors (Lipinski definition) is 3. The predicted molar refractivity (Wildman–Crippen MR) is 71.7 cm³/mol. The maximum Gasteiger partial charge on any atom is 0.251 e. The van der Waals surface area contributed by atoms with E-state index in [1.807, 2.05) is 0 Å². The van der Waals surface area contributed by atoms with Gasteiger partial charge < -0.3 is 15.2 Å². The molecule has 106 valence electrons. The smallest absolute Gasteiger partial charge is 0.251 e. The maximum atomic E-state index is 13.7. The van der Waals surface area contributed by atoms with Gasteiger partial charge in [0.2, 0.25) is 0 Å². The number of ether oxygens (including phenoxy) is 1. The minimum absolute atomic E-state index is 0.0542. The van der Waals surface area contributed by atoms with Gasteiger partial charge in [0.1, 0.15) is 12.4 Å². The standard InChI is InChI=1S/C15H16FNO3/c16-14-9-12(6-5-11(14)3-1-7-18)15(19)17-10-13-4-2-8-20-13/h5-6,9,13,18H,2,4,7-8,10H2,(H,17,19). The van der Waals surface area contributed by atoms with Gasteiger partial charge in [0, 0.05) is 18.7 Å².